The fourth-order valence-electron chi connectivity index (χ4n) is 11.7. The Morgan fingerprint density at radius 2 is 0.484 bits per heavy atom. The molecule has 0 bridgehead atoms. The minimum Gasteiger partial charge on any atom is -0.462 e. The van der Waals surface area contributed by atoms with Crippen LogP contribution in [-0.2, 0) is 65.4 Å². The van der Waals surface area contributed by atoms with E-state index in [4.69, 9.17) is 37.0 Å². The van der Waals surface area contributed by atoms with Crippen LogP contribution in [0.5, 0.6) is 0 Å². The highest BCUT2D eigenvalue weighted by atomic mass is 31.2. The molecular weight excluding hydrogens is 1250 g/mol. The zero-order valence-electron chi connectivity index (χ0n) is 61.8. The summed E-state index contributed by atoms with van der Waals surface area (Å²) in [5.74, 6) is -1.32. The molecule has 0 aliphatic heterocycles. The van der Waals surface area contributed by atoms with Gasteiger partial charge in [0.05, 0.1) is 26.4 Å². The number of rotatable bonds is 76. The molecule has 5 atom stereocenters. The Bertz CT molecular complexity index is 1820. The van der Waals surface area contributed by atoms with Gasteiger partial charge in [0.25, 0.3) is 0 Å². The van der Waals surface area contributed by atoms with Gasteiger partial charge in [-0.15, -0.1) is 0 Å². The Morgan fingerprint density at radius 3 is 0.716 bits per heavy atom. The van der Waals surface area contributed by atoms with E-state index in [0.29, 0.717) is 25.7 Å². The molecule has 0 aromatic rings. The molecule has 0 amide bonds. The first-order valence-electron chi connectivity index (χ1n) is 39.6. The monoisotopic (exact) mass is 1400 g/mol. The molecule has 0 aromatic heterocycles. The van der Waals surface area contributed by atoms with Gasteiger partial charge in [0.2, 0.25) is 0 Å². The van der Waals surface area contributed by atoms with Crippen LogP contribution in [0.2, 0.25) is 0 Å². The normalized spacial score (nSPS) is 13.9. The minimum atomic E-state index is -4.96. The van der Waals surface area contributed by atoms with E-state index in [1.807, 2.05) is 0 Å². The van der Waals surface area contributed by atoms with Gasteiger partial charge in [-0.2, -0.15) is 0 Å². The lowest BCUT2D eigenvalue weighted by atomic mass is 10.0. The Morgan fingerprint density at radius 1 is 0.284 bits per heavy atom. The maximum absolute atomic E-state index is 13.1. The highest BCUT2D eigenvalue weighted by molar-refractivity contribution is 7.47. The molecular formula is C76H148O17P2. The number of phosphoric ester groups is 2. The van der Waals surface area contributed by atoms with E-state index in [0.717, 1.165) is 95.8 Å². The van der Waals surface area contributed by atoms with Gasteiger partial charge in [0.15, 0.2) is 12.2 Å². The van der Waals surface area contributed by atoms with Crippen molar-refractivity contribution >= 4 is 39.5 Å². The Hall–Kier alpha value is -1.94. The number of carbonyl (C=O) groups is 4. The van der Waals surface area contributed by atoms with E-state index in [1.54, 1.807) is 0 Å². The van der Waals surface area contributed by atoms with E-state index in [-0.39, 0.29) is 25.7 Å². The van der Waals surface area contributed by atoms with Crippen molar-refractivity contribution in [1.82, 2.24) is 0 Å². The lowest BCUT2D eigenvalue weighted by Crippen LogP contribution is -2.30. The van der Waals surface area contributed by atoms with E-state index >= 15 is 0 Å². The van der Waals surface area contributed by atoms with E-state index in [1.165, 1.54) is 225 Å². The van der Waals surface area contributed by atoms with Crippen LogP contribution in [0.3, 0.4) is 0 Å². The predicted octanol–water partition coefficient (Wildman–Crippen LogP) is 22.5. The fourth-order valence-corrected chi connectivity index (χ4v) is 13.3. The van der Waals surface area contributed by atoms with Crippen molar-refractivity contribution in [3.63, 3.8) is 0 Å². The van der Waals surface area contributed by atoms with Crippen molar-refractivity contribution in [2.45, 2.75) is 419 Å². The first-order chi connectivity index (χ1) is 46.0. The summed E-state index contributed by atoms with van der Waals surface area (Å²) in [6.07, 6.45) is 58.1. The molecule has 0 aliphatic carbocycles. The number of esters is 4. The molecule has 95 heavy (non-hydrogen) atoms. The first-order valence-corrected chi connectivity index (χ1v) is 42.6. The topological polar surface area (TPSA) is 237 Å². The summed E-state index contributed by atoms with van der Waals surface area (Å²) >= 11 is 0. The molecule has 0 saturated carbocycles. The van der Waals surface area contributed by atoms with Crippen molar-refractivity contribution in [2.75, 3.05) is 39.6 Å². The Labute approximate surface area is 581 Å². The molecule has 0 saturated heterocycles. The van der Waals surface area contributed by atoms with Crippen LogP contribution in [0.15, 0.2) is 0 Å². The van der Waals surface area contributed by atoms with Crippen LogP contribution in [-0.4, -0.2) is 96.7 Å². The maximum atomic E-state index is 13.1. The summed E-state index contributed by atoms with van der Waals surface area (Å²) in [5.41, 5.74) is 0. The number of hydrogen-bond acceptors (Lipinski definition) is 15. The van der Waals surface area contributed by atoms with Crippen molar-refractivity contribution < 1.29 is 80.2 Å². The summed E-state index contributed by atoms with van der Waals surface area (Å²) in [4.78, 5) is 72.8. The van der Waals surface area contributed by atoms with Crippen LogP contribution in [0, 0.1) is 5.92 Å². The van der Waals surface area contributed by atoms with Gasteiger partial charge >= 0.3 is 39.5 Å². The summed E-state index contributed by atoms with van der Waals surface area (Å²) in [5, 5.41) is 10.6. The van der Waals surface area contributed by atoms with Gasteiger partial charge in [0.1, 0.15) is 19.3 Å². The Balaban J connectivity index is 5.25. The van der Waals surface area contributed by atoms with Gasteiger partial charge in [-0.05, 0) is 31.6 Å². The number of ether oxygens (including phenoxy) is 4. The molecule has 17 nitrogen and oxygen atoms in total. The second-order valence-electron chi connectivity index (χ2n) is 27.9. The SMILES string of the molecule is CCCCCCCCCCCCCCCCCC(=O)OC[C@H](COP(=O)(O)OC[C@@H](O)COP(=O)(O)OC[C@@H](COC(=O)CCCCCCCCCCCC)OC(=O)CCCCCCCCCCCCCCCC)OC(=O)CCCCCCCCCCCCCCCC(C)C. The molecule has 0 aromatic carbocycles. The van der Waals surface area contributed by atoms with Gasteiger partial charge in [-0.1, -0.05) is 349 Å². The highest BCUT2D eigenvalue weighted by Gasteiger charge is 2.30. The maximum Gasteiger partial charge on any atom is 0.472 e. The van der Waals surface area contributed by atoms with Gasteiger partial charge in [0, 0.05) is 25.7 Å². The van der Waals surface area contributed by atoms with Crippen LogP contribution >= 0.6 is 15.6 Å². The summed E-state index contributed by atoms with van der Waals surface area (Å²) in [6, 6.07) is 0. The molecule has 564 valence electrons. The highest BCUT2D eigenvalue weighted by Crippen LogP contribution is 2.45. The quantitative estimate of drug-likeness (QED) is 0.0222. The number of phosphoric acid groups is 2. The standard InChI is InChI=1S/C76H148O17P2/c1-6-9-12-15-18-21-24-26-28-32-35-40-45-50-55-60-74(79)87-66-72(93-76(81)62-57-52-47-42-37-33-29-30-34-38-43-48-53-58-69(4)5)68-91-95(84,85)89-64-70(77)63-88-94(82,83)90-67-71(65-86-73(78)59-54-49-44-39-23-20-17-14-11-8-3)92-75(80)61-56-51-46-41-36-31-27-25-22-19-16-13-10-7-2/h69-72,77H,6-68H2,1-5H3,(H,82,83)(H,84,85)/t70-,71+,72+/m0/s1. The number of hydrogen-bond donors (Lipinski definition) is 3. The summed E-state index contributed by atoms with van der Waals surface area (Å²) in [6.45, 7) is 7.31. The Kier molecular flexibility index (Phi) is 67.7. The average Bonchev–Trinajstić information content (AvgIpc) is 3.25. The third kappa shape index (κ3) is 70.3. The molecule has 0 rings (SSSR count). The van der Waals surface area contributed by atoms with Gasteiger partial charge in [-0.3, -0.25) is 37.3 Å². The average molecular weight is 1400 g/mol. The van der Waals surface area contributed by atoms with Crippen molar-refractivity contribution in [1.29, 1.82) is 0 Å². The van der Waals surface area contributed by atoms with Crippen LogP contribution in [0.25, 0.3) is 0 Å². The van der Waals surface area contributed by atoms with E-state index in [2.05, 4.69) is 34.6 Å². The molecule has 0 radical (unpaired) electrons. The lowest BCUT2D eigenvalue weighted by Gasteiger charge is -2.21. The van der Waals surface area contributed by atoms with E-state index in [9.17, 15) is 43.2 Å². The molecule has 2 unspecified atom stereocenters. The van der Waals surface area contributed by atoms with Gasteiger partial charge < -0.3 is 33.8 Å². The van der Waals surface area contributed by atoms with Crippen LogP contribution in [0.1, 0.15) is 401 Å². The van der Waals surface area contributed by atoms with Crippen molar-refractivity contribution in [3.05, 3.63) is 0 Å². The third-order valence-electron chi connectivity index (χ3n) is 17.8. The summed E-state index contributed by atoms with van der Waals surface area (Å²) < 4.78 is 68.5. The minimum absolute atomic E-state index is 0.108. The molecule has 0 heterocycles. The molecule has 0 fully saturated rings. The molecule has 19 heteroatoms. The number of carbonyl (C=O) groups excluding carboxylic acids is 4. The second-order valence-corrected chi connectivity index (χ2v) is 30.8. The molecule has 0 aliphatic rings. The predicted molar refractivity (Wildman–Crippen MR) is 386 cm³/mol. The van der Waals surface area contributed by atoms with Gasteiger partial charge in [-0.25, -0.2) is 9.13 Å². The largest absolute Gasteiger partial charge is 0.472 e. The van der Waals surface area contributed by atoms with Crippen LogP contribution in [0.4, 0.5) is 0 Å². The smallest absolute Gasteiger partial charge is 0.462 e. The zero-order chi connectivity index (χ0) is 69.8. The molecule has 3 N–H and O–H groups in total. The number of unbranched alkanes of at least 4 members (excludes halogenated alkanes) is 48. The van der Waals surface area contributed by atoms with E-state index < -0.39 is 97.5 Å². The van der Waals surface area contributed by atoms with Crippen molar-refractivity contribution in [3.8, 4) is 0 Å². The third-order valence-corrected chi connectivity index (χ3v) is 19.7. The number of aliphatic hydroxyl groups excluding tert-OH is 1. The lowest BCUT2D eigenvalue weighted by molar-refractivity contribution is -0.161. The second kappa shape index (κ2) is 69.2. The number of aliphatic hydroxyl groups is 1. The molecule has 0 spiro atoms. The fraction of sp³-hybridized carbons (Fsp3) is 0.947. The van der Waals surface area contributed by atoms with Crippen molar-refractivity contribution in [2.24, 2.45) is 5.92 Å². The zero-order valence-corrected chi connectivity index (χ0v) is 63.6. The first kappa shape index (κ1) is 93.1. The van der Waals surface area contributed by atoms with Crippen LogP contribution < -0.4 is 0 Å². The summed E-state index contributed by atoms with van der Waals surface area (Å²) in [7, 11) is -9.91.